The molecule has 0 spiro atoms. The summed E-state index contributed by atoms with van der Waals surface area (Å²) in [4.78, 5) is 29.5. The number of nitrogens with one attached hydrogen (secondary N) is 1. The fourth-order valence-electron chi connectivity index (χ4n) is 3.86. The highest BCUT2D eigenvalue weighted by molar-refractivity contribution is 5.86. The molecule has 2 aliphatic heterocycles. The highest BCUT2D eigenvalue weighted by atomic mass is 16.6. The topological polar surface area (TPSA) is 67.3 Å². The second-order valence-corrected chi connectivity index (χ2v) is 6.37. The minimum Gasteiger partial charge on any atom is -0.445 e. The van der Waals surface area contributed by atoms with Crippen molar-refractivity contribution in [2.24, 2.45) is 5.92 Å². The van der Waals surface area contributed by atoms with Gasteiger partial charge in [0.05, 0.1) is 11.0 Å². The van der Waals surface area contributed by atoms with E-state index in [4.69, 9.17) is 4.74 Å². The standard InChI is InChI=1S/C16H19N3O3/c1-18-9-10-6-7-11(18)8-14(10)22-16(21)19-13-5-3-2-4-12(13)17-15(19)20/h2-5,10-11,14H,6-9H2,1H3,(H,17,20). The van der Waals surface area contributed by atoms with Crippen LogP contribution in [0.4, 0.5) is 4.79 Å². The number of benzene rings is 1. The first-order valence-electron chi connectivity index (χ1n) is 7.74. The Kier molecular flexibility index (Phi) is 3.07. The zero-order valence-corrected chi connectivity index (χ0v) is 12.5. The molecule has 3 unspecified atom stereocenters. The molecule has 3 aliphatic rings. The van der Waals surface area contributed by atoms with Crippen LogP contribution in [0.25, 0.3) is 11.0 Å². The Morgan fingerprint density at radius 1 is 1.32 bits per heavy atom. The summed E-state index contributed by atoms with van der Waals surface area (Å²) in [6.07, 6.45) is 2.48. The third-order valence-electron chi connectivity index (χ3n) is 5.07. The number of imidazole rings is 1. The number of aromatic nitrogens is 2. The van der Waals surface area contributed by atoms with Crippen LogP contribution in [0.1, 0.15) is 19.3 Å². The van der Waals surface area contributed by atoms with Crippen molar-refractivity contribution in [2.75, 3.05) is 13.6 Å². The van der Waals surface area contributed by atoms with E-state index < -0.39 is 11.8 Å². The second kappa shape index (κ2) is 4.98. The SMILES string of the molecule is CN1CC2CCC1CC2OC(=O)n1c(=O)[nH]c2ccccc21. The van der Waals surface area contributed by atoms with Crippen LogP contribution in [-0.4, -0.2) is 46.3 Å². The van der Waals surface area contributed by atoms with E-state index in [2.05, 4.69) is 16.9 Å². The van der Waals surface area contributed by atoms with Gasteiger partial charge in [-0.25, -0.2) is 9.59 Å². The maximum atomic E-state index is 12.5. The minimum atomic E-state index is -0.567. The Morgan fingerprint density at radius 2 is 2.14 bits per heavy atom. The number of H-pyrrole nitrogens is 1. The molecule has 6 nitrogen and oxygen atoms in total. The summed E-state index contributed by atoms with van der Waals surface area (Å²) in [6, 6.07) is 7.64. The average molecular weight is 301 g/mol. The van der Waals surface area contributed by atoms with Gasteiger partial charge in [0.2, 0.25) is 0 Å². The lowest BCUT2D eigenvalue weighted by atomic mass is 9.78. The van der Waals surface area contributed by atoms with Crippen LogP contribution in [0, 0.1) is 5.92 Å². The van der Waals surface area contributed by atoms with Gasteiger partial charge in [-0.15, -0.1) is 0 Å². The predicted molar refractivity (Wildman–Crippen MR) is 82.0 cm³/mol. The van der Waals surface area contributed by atoms with E-state index in [9.17, 15) is 9.59 Å². The summed E-state index contributed by atoms with van der Waals surface area (Å²) in [5.41, 5.74) is 0.772. The third kappa shape index (κ3) is 2.06. The van der Waals surface area contributed by atoms with Gasteiger partial charge in [0, 0.05) is 24.9 Å². The smallest absolute Gasteiger partial charge is 0.423 e. The van der Waals surface area contributed by atoms with E-state index in [0.29, 0.717) is 23.0 Å². The predicted octanol–water partition coefficient (Wildman–Crippen LogP) is 1.80. The first-order chi connectivity index (χ1) is 10.6. The van der Waals surface area contributed by atoms with Crippen LogP contribution in [0.5, 0.6) is 0 Å². The third-order valence-corrected chi connectivity index (χ3v) is 5.07. The molecule has 5 rings (SSSR count). The highest BCUT2D eigenvalue weighted by Gasteiger charge is 2.41. The second-order valence-electron chi connectivity index (χ2n) is 6.37. The van der Waals surface area contributed by atoms with Crippen LogP contribution in [0.15, 0.2) is 29.1 Å². The van der Waals surface area contributed by atoms with Gasteiger partial charge in [-0.05, 0) is 32.0 Å². The van der Waals surface area contributed by atoms with E-state index >= 15 is 0 Å². The average Bonchev–Trinajstić information content (AvgIpc) is 2.84. The van der Waals surface area contributed by atoms with Crippen molar-refractivity contribution in [2.45, 2.75) is 31.4 Å². The van der Waals surface area contributed by atoms with E-state index in [1.807, 2.05) is 6.07 Å². The van der Waals surface area contributed by atoms with E-state index in [1.165, 1.54) is 6.42 Å². The zero-order valence-electron chi connectivity index (χ0n) is 12.5. The molecule has 1 saturated carbocycles. The molecule has 1 aromatic carbocycles. The Bertz CT molecular complexity index is 778. The Hall–Kier alpha value is -2.08. The lowest BCUT2D eigenvalue weighted by molar-refractivity contribution is -0.0457. The molecular formula is C16H19N3O3. The largest absolute Gasteiger partial charge is 0.445 e. The Balaban J connectivity index is 1.60. The number of carbonyl (C=O) groups excluding carboxylic acids is 1. The molecule has 0 amide bonds. The van der Waals surface area contributed by atoms with Crippen molar-refractivity contribution in [3.05, 3.63) is 34.7 Å². The molecule has 2 bridgehead atoms. The number of aromatic amines is 1. The van der Waals surface area contributed by atoms with E-state index in [1.54, 1.807) is 18.2 Å². The highest BCUT2D eigenvalue weighted by Crippen LogP contribution is 2.36. The van der Waals surface area contributed by atoms with Crippen molar-refractivity contribution in [3.8, 4) is 0 Å². The summed E-state index contributed by atoms with van der Waals surface area (Å²) in [5, 5.41) is 0. The zero-order chi connectivity index (χ0) is 15.3. The summed E-state index contributed by atoms with van der Waals surface area (Å²) >= 11 is 0. The Labute approximate surface area is 127 Å². The van der Waals surface area contributed by atoms with Crippen LogP contribution >= 0.6 is 0 Å². The molecule has 1 N–H and O–H groups in total. The van der Waals surface area contributed by atoms with Gasteiger partial charge < -0.3 is 14.6 Å². The van der Waals surface area contributed by atoms with Gasteiger partial charge in [0.15, 0.2) is 0 Å². The van der Waals surface area contributed by atoms with Crippen LogP contribution in [0.2, 0.25) is 0 Å². The summed E-state index contributed by atoms with van der Waals surface area (Å²) in [7, 11) is 2.12. The van der Waals surface area contributed by atoms with Crippen molar-refractivity contribution in [1.29, 1.82) is 0 Å². The van der Waals surface area contributed by atoms with Gasteiger partial charge in [-0.3, -0.25) is 0 Å². The number of rotatable bonds is 1. The first-order valence-corrected chi connectivity index (χ1v) is 7.74. The summed E-state index contributed by atoms with van der Waals surface area (Å²) < 4.78 is 6.78. The number of nitrogens with zero attached hydrogens (tertiary/aromatic N) is 2. The number of para-hydroxylation sites is 2. The quantitative estimate of drug-likeness (QED) is 0.872. The van der Waals surface area contributed by atoms with Gasteiger partial charge in [-0.2, -0.15) is 4.57 Å². The molecule has 2 aromatic rings. The van der Waals surface area contributed by atoms with Crippen LogP contribution in [0.3, 0.4) is 0 Å². The number of hydrogen-bond acceptors (Lipinski definition) is 4. The lowest BCUT2D eigenvalue weighted by Gasteiger charge is -2.47. The number of ether oxygens (including phenoxy) is 1. The molecule has 116 valence electrons. The summed E-state index contributed by atoms with van der Waals surface area (Å²) in [5.74, 6) is 0.375. The van der Waals surface area contributed by atoms with Crippen LogP contribution in [-0.2, 0) is 4.74 Å². The monoisotopic (exact) mass is 301 g/mol. The molecule has 1 aliphatic carbocycles. The molecule has 3 heterocycles. The fourth-order valence-corrected chi connectivity index (χ4v) is 3.86. The molecule has 0 radical (unpaired) electrons. The fraction of sp³-hybridized carbons (Fsp3) is 0.500. The number of hydrogen-bond donors (Lipinski definition) is 1. The van der Waals surface area contributed by atoms with Gasteiger partial charge in [-0.1, -0.05) is 12.1 Å². The van der Waals surface area contributed by atoms with E-state index in [-0.39, 0.29) is 6.10 Å². The number of carbonyl (C=O) groups is 1. The van der Waals surface area contributed by atoms with Crippen molar-refractivity contribution >= 4 is 17.1 Å². The van der Waals surface area contributed by atoms with Crippen LogP contribution < -0.4 is 5.69 Å². The molecular weight excluding hydrogens is 282 g/mol. The van der Waals surface area contributed by atoms with E-state index in [0.717, 1.165) is 24.0 Å². The lowest BCUT2D eigenvalue weighted by Crippen LogP contribution is -2.53. The number of fused-ring (bicyclic) bond motifs is 4. The Morgan fingerprint density at radius 3 is 2.86 bits per heavy atom. The van der Waals surface area contributed by atoms with Gasteiger partial charge in [0.25, 0.3) is 0 Å². The molecule has 6 heteroatoms. The minimum absolute atomic E-state index is 0.0805. The molecule has 1 aromatic heterocycles. The maximum absolute atomic E-state index is 12.5. The normalized spacial score (nSPS) is 28.1. The molecule has 22 heavy (non-hydrogen) atoms. The van der Waals surface area contributed by atoms with Crippen molar-refractivity contribution < 1.29 is 9.53 Å². The van der Waals surface area contributed by atoms with Crippen molar-refractivity contribution in [1.82, 2.24) is 14.5 Å². The summed E-state index contributed by atoms with van der Waals surface area (Å²) in [6.45, 7) is 0.964. The maximum Gasteiger partial charge on any atom is 0.423 e. The van der Waals surface area contributed by atoms with Crippen molar-refractivity contribution in [3.63, 3.8) is 0 Å². The molecule has 3 fully saturated rings. The van der Waals surface area contributed by atoms with Gasteiger partial charge >= 0.3 is 11.8 Å². The molecule has 2 saturated heterocycles. The number of piperidine rings is 2. The van der Waals surface area contributed by atoms with Gasteiger partial charge in [0.1, 0.15) is 6.10 Å². The molecule has 3 atom stereocenters. The first kappa shape index (κ1) is 13.6.